The molecule has 1 heterocycles. The van der Waals surface area contributed by atoms with Crippen LogP contribution in [0.4, 0.5) is 10.1 Å². The van der Waals surface area contributed by atoms with Crippen molar-refractivity contribution in [2.24, 2.45) is 0 Å². The zero-order valence-electron chi connectivity index (χ0n) is 18.0. The fourth-order valence-corrected chi connectivity index (χ4v) is 3.84. The number of nitrogens with zero attached hydrogens (tertiary/aromatic N) is 2. The van der Waals surface area contributed by atoms with Crippen LogP contribution >= 0.6 is 11.6 Å². The highest BCUT2D eigenvalue weighted by Crippen LogP contribution is 2.29. The van der Waals surface area contributed by atoms with E-state index >= 15 is 0 Å². The molecular formula is C25H19ClFN3O4. The summed E-state index contributed by atoms with van der Waals surface area (Å²) in [5.74, 6) is -3.34. The van der Waals surface area contributed by atoms with Gasteiger partial charge in [-0.2, -0.15) is 0 Å². The minimum Gasteiger partial charge on any atom is -0.274 e. The number of rotatable bonds is 4. The van der Waals surface area contributed by atoms with E-state index in [0.717, 1.165) is 27.6 Å². The molecule has 9 heteroatoms. The van der Waals surface area contributed by atoms with Gasteiger partial charge in [0.2, 0.25) is 5.91 Å². The van der Waals surface area contributed by atoms with E-state index in [1.54, 1.807) is 61.5 Å². The average Bonchev–Trinajstić information content (AvgIpc) is 3.12. The maximum atomic E-state index is 13.6. The molecule has 0 spiro atoms. The van der Waals surface area contributed by atoms with E-state index < -0.39 is 35.5 Å². The normalized spacial score (nSPS) is 15.4. The minimum absolute atomic E-state index is 0.0706. The lowest BCUT2D eigenvalue weighted by Gasteiger charge is -2.28. The Bertz CT molecular complexity index is 1300. The molecule has 1 atom stereocenters. The Morgan fingerprint density at radius 1 is 1.00 bits per heavy atom. The second-order valence-corrected chi connectivity index (χ2v) is 8.14. The van der Waals surface area contributed by atoms with Crippen LogP contribution in [-0.4, -0.2) is 34.7 Å². The summed E-state index contributed by atoms with van der Waals surface area (Å²) in [6.07, 6.45) is -0.375. The second kappa shape index (κ2) is 9.44. The molecule has 0 bridgehead atoms. The number of benzene rings is 3. The highest BCUT2D eigenvalue weighted by molar-refractivity contribution is 6.31. The molecule has 3 aromatic rings. The third-order valence-corrected chi connectivity index (χ3v) is 5.63. The number of aryl methyl sites for hydroxylation is 1. The first kappa shape index (κ1) is 23.1. The Labute approximate surface area is 199 Å². The van der Waals surface area contributed by atoms with E-state index in [-0.39, 0.29) is 28.3 Å². The third-order valence-electron chi connectivity index (χ3n) is 5.34. The average molecular weight is 480 g/mol. The number of carbonyl (C=O) groups is 4. The largest absolute Gasteiger partial charge is 0.274 e. The van der Waals surface area contributed by atoms with Crippen LogP contribution < -0.4 is 10.3 Å². The monoisotopic (exact) mass is 479 g/mol. The predicted molar refractivity (Wildman–Crippen MR) is 124 cm³/mol. The van der Waals surface area contributed by atoms with E-state index in [4.69, 9.17) is 11.6 Å². The molecule has 0 saturated carbocycles. The molecule has 7 nitrogen and oxygen atoms in total. The summed E-state index contributed by atoms with van der Waals surface area (Å²) >= 11 is 5.82. The first-order chi connectivity index (χ1) is 16.3. The van der Waals surface area contributed by atoms with Crippen LogP contribution in [0, 0.1) is 12.7 Å². The van der Waals surface area contributed by atoms with Crippen LogP contribution in [0.2, 0.25) is 5.02 Å². The van der Waals surface area contributed by atoms with Gasteiger partial charge in [-0.15, -0.1) is 0 Å². The molecule has 1 saturated heterocycles. The quantitative estimate of drug-likeness (QED) is 0.454. The molecule has 4 amide bonds. The molecule has 34 heavy (non-hydrogen) atoms. The van der Waals surface area contributed by atoms with Gasteiger partial charge in [-0.05, 0) is 49.4 Å². The first-order valence-electron chi connectivity index (χ1n) is 10.3. The number of halogens is 2. The highest BCUT2D eigenvalue weighted by atomic mass is 35.5. The molecule has 0 aliphatic carbocycles. The van der Waals surface area contributed by atoms with Crippen molar-refractivity contribution in [3.8, 4) is 0 Å². The highest BCUT2D eigenvalue weighted by Gasteiger charge is 2.45. The molecule has 1 fully saturated rings. The second-order valence-electron chi connectivity index (χ2n) is 7.74. The molecule has 3 aromatic carbocycles. The lowest BCUT2D eigenvalue weighted by atomic mass is 10.1. The van der Waals surface area contributed by atoms with Crippen LogP contribution in [0.15, 0.2) is 72.8 Å². The van der Waals surface area contributed by atoms with Gasteiger partial charge in [0.25, 0.3) is 17.7 Å². The molecule has 0 radical (unpaired) electrons. The lowest BCUT2D eigenvalue weighted by molar-refractivity contribution is -0.122. The minimum atomic E-state index is -1.31. The van der Waals surface area contributed by atoms with Crippen molar-refractivity contribution in [1.82, 2.24) is 10.4 Å². The van der Waals surface area contributed by atoms with Crippen LogP contribution in [0.5, 0.6) is 0 Å². The predicted octanol–water partition coefficient (Wildman–Crippen LogP) is 3.91. The van der Waals surface area contributed by atoms with E-state index in [1.165, 1.54) is 6.07 Å². The van der Waals surface area contributed by atoms with Gasteiger partial charge in [0.1, 0.15) is 11.9 Å². The van der Waals surface area contributed by atoms with Gasteiger partial charge in [-0.3, -0.25) is 24.6 Å². The number of imide groups is 1. The van der Waals surface area contributed by atoms with Gasteiger partial charge in [0.05, 0.1) is 17.1 Å². The Kier molecular flexibility index (Phi) is 6.43. The fraction of sp³-hybridized carbons (Fsp3) is 0.120. The molecule has 1 aliphatic heterocycles. The fourth-order valence-electron chi connectivity index (χ4n) is 3.66. The van der Waals surface area contributed by atoms with Gasteiger partial charge >= 0.3 is 0 Å². The van der Waals surface area contributed by atoms with Gasteiger partial charge in [-0.1, -0.05) is 47.5 Å². The summed E-state index contributed by atoms with van der Waals surface area (Å²) in [6.45, 7) is 1.80. The number of amides is 4. The number of hydrazine groups is 1. The number of hydrogen-bond acceptors (Lipinski definition) is 4. The lowest BCUT2D eigenvalue weighted by Crippen LogP contribution is -2.54. The Morgan fingerprint density at radius 3 is 2.38 bits per heavy atom. The van der Waals surface area contributed by atoms with E-state index in [0.29, 0.717) is 0 Å². The van der Waals surface area contributed by atoms with Crippen molar-refractivity contribution in [2.45, 2.75) is 19.4 Å². The summed E-state index contributed by atoms with van der Waals surface area (Å²) in [7, 11) is 0. The van der Waals surface area contributed by atoms with Gasteiger partial charge in [0, 0.05) is 11.1 Å². The summed E-state index contributed by atoms with van der Waals surface area (Å²) in [4.78, 5) is 53.2. The molecule has 0 aromatic heterocycles. The van der Waals surface area contributed by atoms with Crippen molar-refractivity contribution < 1.29 is 23.6 Å². The van der Waals surface area contributed by atoms with Crippen LogP contribution in [-0.2, 0) is 9.59 Å². The van der Waals surface area contributed by atoms with Crippen molar-refractivity contribution in [2.75, 3.05) is 4.90 Å². The maximum absolute atomic E-state index is 13.6. The molecule has 172 valence electrons. The molecule has 1 aliphatic rings. The number of hydrogen-bond donors (Lipinski definition) is 1. The van der Waals surface area contributed by atoms with E-state index in [2.05, 4.69) is 5.43 Å². The van der Waals surface area contributed by atoms with Gasteiger partial charge in [0.15, 0.2) is 0 Å². The van der Waals surface area contributed by atoms with E-state index in [1.807, 2.05) is 0 Å². The summed E-state index contributed by atoms with van der Waals surface area (Å²) in [5.41, 5.74) is 3.87. The topological polar surface area (TPSA) is 86.8 Å². The Morgan fingerprint density at radius 2 is 1.71 bits per heavy atom. The third kappa shape index (κ3) is 4.53. The SMILES string of the molecule is Cc1cccc(C(=O)N(NC(=O)c2ccccc2)C2CC(=O)N(c3ccc(F)c(Cl)c3)C2=O)c1. The molecule has 1 N–H and O–H groups in total. The van der Waals surface area contributed by atoms with Crippen molar-refractivity contribution in [3.63, 3.8) is 0 Å². The Balaban J connectivity index is 1.69. The van der Waals surface area contributed by atoms with Crippen LogP contribution in [0.25, 0.3) is 0 Å². The smallest absolute Gasteiger partial charge is 0.273 e. The summed E-state index contributed by atoms with van der Waals surface area (Å²) in [6, 6.07) is 16.9. The van der Waals surface area contributed by atoms with Crippen molar-refractivity contribution in [1.29, 1.82) is 0 Å². The van der Waals surface area contributed by atoms with Crippen LogP contribution in [0.3, 0.4) is 0 Å². The summed E-state index contributed by atoms with van der Waals surface area (Å²) < 4.78 is 13.6. The standard InChI is InChI=1S/C25H19ClFN3O4/c1-15-6-5-9-17(12-15)24(33)30(28-23(32)16-7-3-2-4-8-16)21-14-22(31)29(25(21)34)18-10-11-20(27)19(26)13-18/h2-13,21H,14H2,1H3,(H,28,32). The molecule has 4 rings (SSSR count). The maximum Gasteiger partial charge on any atom is 0.273 e. The van der Waals surface area contributed by atoms with Crippen molar-refractivity contribution >= 4 is 40.9 Å². The number of nitrogens with one attached hydrogen (secondary N) is 1. The summed E-state index contributed by atoms with van der Waals surface area (Å²) in [5, 5.41) is 0.627. The number of carbonyl (C=O) groups excluding carboxylic acids is 4. The van der Waals surface area contributed by atoms with Gasteiger partial charge < -0.3 is 0 Å². The molecule has 1 unspecified atom stereocenters. The van der Waals surface area contributed by atoms with E-state index in [9.17, 15) is 23.6 Å². The molecular weight excluding hydrogens is 461 g/mol. The Hall–Kier alpha value is -4.04. The van der Waals surface area contributed by atoms with Gasteiger partial charge in [-0.25, -0.2) is 14.3 Å². The first-order valence-corrected chi connectivity index (χ1v) is 10.7. The zero-order valence-corrected chi connectivity index (χ0v) is 18.8. The van der Waals surface area contributed by atoms with Crippen molar-refractivity contribution in [3.05, 3.63) is 100 Å². The number of anilines is 1. The zero-order chi connectivity index (χ0) is 24.4. The van der Waals surface area contributed by atoms with Crippen LogP contribution in [0.1, 0.15) is 32.7 Å².